The molecule has 3 unspecified atom stereocenters. The van der Waals surface area contributed by atoms with Gasteiger partial charge in [-0.2, -0.15) is 0 Å². The number of aliphatic hydroxyl groups excluding tert-OH is 2. The standard InChI is InChI=1S/C15H27NO3/c17-9-15(10-19-11-15)8-16-7-3-5-13(16)12-4-1-2-6-14(12)18/h12-14,17-18H,1-11H2. The van der Waals surface area contributed by atoms with Crippen molar-refractivity contribution < 1.29 is 14.9 Å². The van der Waals surface area contributed by atoms with E-state index >= 15 is 0 Å². The summed E-state index contributed by atoms with van der Waals surface area (Å²) in [6.07, 6.45) is 6.93. The van der Waals surface area contributed by atoms with Crippen molar-refractivity contribution in [3.05, 3.63) is 0 Å². The van der Waals surface area contributed by atoms with Crippen molar-refractivity contribution in [1.82, 2.24) is 4.90 Å². The molecular weight excluding hydrogens is 242 g/mol. The van der Waals surface area contributed by atoms with Crippen LogP contribution in [-0.4, -0.2) is 60.2 Å². The largest absolute Gasteiger partial charge is 0.396 e. The number of aliphatic hydroxyl groups is 2. The average molecular weight is 269 g/mol. The molecule has 0 spiro atoms. The molecule has 19 heavy (non-hydrogen) atoms. The Bertz CT molecular complexity index is 300. The Morgan fingerprint density at radius 1 is 1.11 bits per heavy atom. The maximum absolute atomic E-state index is 10.3. The summed E-state index contributed by atoms with van der Waals surface area (Å²) in [5.41, 5.74) is -0.0256. The fourth-order valence-electron chi connectivity index (χ4n) is 4.18. The van der Waals surface area contributed by atoms with Crippen LogP contribution >= 0.6 is 0 Å². The van der Waals surface area contributed by atoms with E-state index in [1.807, 2.05) is 0 Å². The average Bonchev–Trinajstić information content (AvgIpc) is 2.82. The Morgan fingerprint density at radius 3 is 2.53 bits per heavy atom. The number of likely N-dealkylation sites (tertiary alicyclic amines) is 1. The van der Waals surface area contributed by atoms with Gasteiger partial charge in [0.05, 0.1) is 31.3 Å². The zero-order valence-corrected chi connectivity index (χ0v) is 11.8. The third-order valence-corrected chi connectivity index (χ3v) is 5.38. The normalized spacial score (nSPS) is 39.2. The Kier molecular flexibility index (Phi) is 4.13. The SMILES string of the molecule is OCC1(CN2CCCC2C2CCCCC2O)COC1. The highest BCUT2D eigenvalue weighted by molar-refractivity contribution is 4.95. The van der Waals surface area contributed by atoms with Gasteiger partial charge in [-0.3, -0.25) is 4.90 Å². The van der Waals surface area contributed by atoms with Crippen molar-refractivity contribution in [3.63, 3.8) is 0 Å². The Balaban J connectivity index is 1.64. The van der Waals surface area contributed by atoms with Gasteiger partial charge in [-0.1, -0.05) is 12.8 Å². The molecule has 3 aliphatic rings. The lowest BCUT2D eigenvalue weighted by atomic mass is 9.79. The second-order valence-corrected chi connectivity index (χ2v) is 6.85. The number of rotatable bonds is 4. The van der Waals surface area contributed by atoms with Crippen LogP contribution in [0, 0.1) is 11.3 Å². The molecule has 3 rings (SSSR count). The predicted octanol–water partition coefficient (Wildman–Crippen LogP) is 1.01. The van der Waals surface area contributed by atoms with Gasteiger partial charge in [0.25, 0.3) is 0 Å². The molecule has 3 fully saturated rings. The molecule has 0 radical (unpaired) electrons. The molecule has 2 heterocycles. The van der Waals surface area contributed by atoms with Crippen LogP contribution in [-0.2, 0) is 4.74 Å². The molecule has 0 bridgehead atoms. The summed E-state index contributed by atoms with van der Waals surface area (Å²) in [5, 5.41) is 19.9. The Labute approximate surface area is 115 Å². The van der Waals surface area contributed by atoms with Gasteiger partial charge in [-0.25, -0.2) is 0 Å². The molecule has 4 nitrogen and oxygen atoms in total. The molecule has 0 aromatic rings. The molecule has 3 atom stereocenters. The molecular formula is C15H27NO3. The molecule has 0 amide bonds. The van der Waals surface area contributed by atoms with E-state index in [0.717, 1.165) is 19.5 Å². The molecule has 2 aliphatic heterocycles. The maximum Gasteiger partial charge on any atom is 0.0583 e. The van der Waals surface area contributed by atoms with Gasteiger partial charge in [-0.15, -0.1) is 0 Å². The zero-order valence-electron chi connectivity index (χ0n) is 11.8. The van der Waals surface area contributed by atoms with Gasteiger partial charge in [-0.05, 0) is 32.2 Å². The van der Waals surface area contributed by atoms with E-state index in [2.05, 4.69) is 4.90 Å². The van der Waals surface area contributed by atoms with E-state index in [0.29, 0.717) is 25.2 Å². The van der Waals surface area contributed by atoms with Gasteiger partial charge in [0.2, 0.25) is 0 Å². The van der Waals surface area contributed by atoms with Crippen LogP contribution in [0.25, 0.3) is 0 Å². The van der Waals surface area contributed by atoms with Crippen LogP contribution in [0.4, 0.5) is 0 Å². The van der Waals surface area contributed by atoms with Crippen LogP contribution in [0.3, 0.4) is 0 Å². The van der Waals surface area contributed by atoms with E-state index in [1.54, 1.807) is 0 Å². The molecule has 4 heteroatoms. The monoisotopic (exact) mass is 269 g/mol. The fourth-order valence-corrected chi connectivity index (χ4v) is 4.18. The lowest BCUT2D eigenvalue weighted by Gasteiger charge is -2.45. The second kappa shape index (κ2) is 5.68. The number of hydrogen-bond donors (Lipinski definition) is 2. The molecule has 110 valence electrons. The van der Waals surface area contributed by atoms with E-state index in [-0.39, 0.29) is 18.1 Å². The zero-order chi connectivity index (χ0) is 13.3. The van der Waals surface area contributed by atoms with Crippen molar-refractivity contribution in [2.45, 2.75) is 50.7 Å². The van der Waals surface area contributed by atoms with E-state index in [4.69, 9.17) is 4.74 Å². The van der Waals surface area contributed by atoms with Crippen LogP contribution in [0.5, 0.6) is 0 Å². The highest BCUT2D eigenvalue weighted by atomic mass is 16.5. The van der Waals surface area contributed by atoms with Gasteiger partial charge in [0.15, 0.2) is 0 Å². The van der Waals surface area contributed by atoms with E-state index < -0.39 is 0 Å². The third-order valence-electron chi connectivity index (χ3n) is 5.38. The van der Waals surface area contributed by atoms with E-state index in [9.17, 15) is 10.2 Å². The lowest BCUT2D eigenvalue weighted by molar-refractivity contribution is -0.152. The van der Waals surface area contributed by atoms with Gasteiger partial charge in [0, 0.05) is 18.5 Å². The Morgan fingerprint density at radius 2 is 1.89 bits per heavy atom. The summed E-state index contributed by atoms with van der Waals surface area (Å²) in [6, 6.07) is 0.527. The first-order chi connectivity index (χ1) is 9.24. The summed E-state index contributed by atoms with van der Waals surface area (Å²) in [4.78, 5) is 2.53. The number of nitrogens with zero attached hydrogens (tertiary/aromatic N) is 1. The maximum atomic E-state index is 10.3. The highest BCUT2D eigenvalue weighted by Crippen LogP contribution is 2.37. The molecule has 1 saturated carbocycles. The van der Waals surface area contributed by atoms with Crippen molar-refractivity contribution in [3.8, 4) is 0 Å². The Hall–Kier alpha value is -0.160. The van der Waals surface area contributed by atoms with Gasteiger partial charge >= 0.3 is 0 Å². The smallest absolute Gasteiger partial charge is 0.0583 e. The number of ether oxygens (including phenoxy) is 1. The minimum atomic E-state index is -0.109. The summed E-state index contributed by atoms with van der Waals surface area (Å²) in [7, 11) is 0. The quantitative estimate of drug-likeness (QED) is 0.800. The van der Waals surface area contributed by atoms with Crippen molar-refractivity contribution >= 4 is 0 Å². The second-order valence-electron chi connectivity index (χ2n) is 6.85. The first kappa shape index (κ1) is 13.8. The highest BCUT2D eigenvalue weighted by Gasteiger charge is 2.44. The van der Waals surface area contributed by atoms with E-state index in [1.165, 1.54) is 32.1 Å². The van der Waals surface area contributed by atoms with Gasteiger partial charge in [0.1, 0.15) is 0 Å². The van der Waals surface area contributed by atoms with Crippen molar-refractivity contribution in [2.75, 3.05) is 32.9 Å². The molecule has 2 saturated heterocycles. The van der Waals surface area contributed by atoms with Crippen LogP contribution in [0.2, 0.25) is 0 Å². The predicted molar refractivity (Wildman–Crippen MR) is 72.9 cm³/mol. The first-order valence-electron chi connectivity index (χ1n) is 7.85. The summed E-state index contributed by atoms with van der Waals surface area (Å²) < 4.78 is 5.31. The lowest BCUT2D eigenvalue weighted by Crippen LogP contribution is -2.55. The first-order valence-corrected chi connectivity index (χ1v) is 7.85. The topological polar surface area (TPSA) is 52.9 Å². The molecule has 2 N–H and O–H groups in total. The van der Waals surface area contributed by atoms with Crippen LogP contribution in [0.15, 0.2) is 0 Å². The molecule has 0 aromatic carbocycles. The van der Waals surface area contributed by atoms with Crippen molar-refractivity contribution in [2.24, 2.45) is 11.3 Å². The van der Waals surface area contributed by atoms with Crippen LogP contribution < -0.4 is 0 Å². The number of hydrogen-bond acceptors (Lipinski definition) is 4. The summed E-state index contributed by atoms with van der Waals surface area (Å²) >= 11 is 0. The van der Waals surface area contributed by atoms with Crippen molar-refractivity contribution in [1.29, 1.82) is 0 Å². The minimum absolute atomic E-state index is 0.0256. The minimum Gasteiger partial charge on any atom is -0.396 e. The third kappa shape index (κ3) is 2.68. The molecule has 0 aromatic heterocycles. The summed E-state index contributed by atoms with van der Waals surface area (Å²) in [6.45, 7) is 3.68. The van der Waals surface area contributed by atoms with Crippen LogP contribution in [0.1, 0.15) is 38.5 Å². The fraction of sp³-hybridized carbons (Fsp3) is 1.00. The van der Waals surface area contributed by atoms with Gasteiger partial charge < -0.3 is 14.9 Å². The molecule has 1 aliphatic carbocycles. The summed E-state index contributed by atoms with van der Waals surface area (Å²) in [5.74, 6) is 0.452.